The number of nitrogens with one attached hydrogen (secondary N) is 1. The van der Waals surface area contributed by atoms with Crippen LogP contribution in [0.15, 0.2) is 17.0 Å². The van der Waals surface area contributed by atoms with Crippen molar-refractivity contribution < 1.29 is 12.6 Å². The fourth-order valence-corrected chi connectivity index (χ4v) is 4.29. The van der Waals surface area contributed by atoms with Crippen LogP contribution < -0.4 is 10.5 Å². The van der Waals surface area contributed by atoms with E-state index in [1.807, 2.05) is 0 Å². The molecule has 1 rings (SSSR count). The Morgan fingerprint density at radius 1 is 1.47 bits per heavy atom. The summed E-state index contributed by atoms with van der Waals surface area (Å²) < 4.78 is 38.0. The molecule has 0 aliphatic carbocycles. The highest BCUT2D eigenvalue weighted by molar-refractivity contribution is 7.89. The zero-order chi connectivity index (χ0) is 14.8. The molecule has 0 aliphatic rings. The maximum atomic E-state index is 12.2. The fourth-order valence-electron chi connectivity index (χ4n) is 1.67. The molecule has 5 nitrogen and oxygen atoms in total. The van der Waals surface area contributed by atoms with Crippen LogP contribution in [0.4, 0.5) is 5.69 Å². The number of hydrogen-bond acceptors (Lipinski definition) is 4. The first-order valence-corrected chi connectivity index (χ1v) is 9.10. The largest absolute Gasteiger partial charge is 0.397 e. The number of aryl methyl sites for hydroxylation is 1. The van der Waals surface area contributed by atoms with Crippen LogP contribution in [0.2, 0.25) is 5.02 Å². The molecule has 19 heavy (non-hydrogen) atoms. The zero-order valence-corrected chi connectivity index (χ0v) is 13.3. The molecule has 0 radical (unpaired) electrons. The van der Waals surface area contributed by atoms with E-state index in [0.29, 0.717) is 10.6 Å². The van der Waals surface area contributed by atoms with Crippen molar-refractivity contribution in [1.82, 2.24) is 4.72 Å². The fraction of sp³-hybridized carbons (Fsp3) is 0.455. The Kier molecular flexibility index (Phi) is 5.37. The van der Waals surface area contributed by atoms with Crippen molar-refractivity contribution in [2.75, 3.05) is 17.7 Å². The van der Waals surface area contributed by atoms with Crippen molar-refractivity contribution >= 4 is 38.1 Å². The first-order valence-electron chi connectivity index (χ1n) is 5.51. The van der Waals surface area contributed by atoms with Gasteiger partial charge in [0, 0.05) is 28.9 Å². The minimum atomic E-state index is -3.70. The highest BCUT2D eigenvalue weighted by Gasteiger charge is 2.21. The van der Waals surface area contributed by atoms with E-state index in [1.165, 1.54) is 18.4 Å². The summed E-state index contributed by atoms with van der Waals surface area (Å²) in [5.74, 6) is 0.251. The van der Waals surface area contributed by atoms with E-state index >= 15 is 0 Å². The number of benzene rings is 1. The molecule has 0 saturated carbocycles. The second kappa shape index (κ2) is 6.21. The number of sulfonamides is 1. The van der Waals surface area contributed by atoms with Crippen LogP contribution in [-0.2, 0) is 20.8 Å². The Bertz CT molecular complexity index is 602. The normalized spacial score (nSPS) is 15.2. The van der Waals surface area contributed by atoms with Gasteiger partial charge in [-0.2, -0.15) is 0 Å². The SMILES string of the molecule is Cc1cc(Cl)c(N)cc1S(=O)(=O)NC(C)CS(C)=O. The molecule has 0 fully saturated rings. The quantitative estimate of drug-likeness (QED) is 0.798. The van der Waals surface area contributed by atoms with Gasteiger partial charge in [-0.15, -0.1) is 0 Å². The minimum Gasteiger partial charge on any atom is -0.397 e. The lowest BCUT2D eigenvalue weighted by molar-refractivity contribution is 0.569. The molecule has 0 heterocycles. The van der Waals surface area contributed by atoms with Crippen molar-refractivity contribution in [1.29, 1.82) is 0 Å². The van der Waals surface area contributed by atoms with Crippen LogP contribution in [0, 0.1) is 6.92 Å². The van der Waals surface area contributed by atoms with Crippen molar-refractivity contribution in [3.05, 3.63) is 22.7 Å². The van der Waals surface area contributed by atoms with Gasteiger partial charge < -0.3 is 5.73 Å². The maximum Gasteiger partial charge on any atom is 0.241 e. The number of rotatable bonds is 5. The highest BCUT2D eigenvalue weighted by atomic mass is 35.5. The van der Waals surface area contributed by atoms with E-state index in [4.69, 9.17) is 17.3 Å². The summed E-state index contributed by atoms with van der Waals surface area (Å²) in [5.41, 5.74) is 6.34. The third kappa shape index (κ3) is 4.45. The molecule has 0 aliphatic heterocycles. The predicted octanol–water partition coefficient (Wildman–Crippen LogP) is 1.28. The van der Waals surface area contributed by atoms with Gasteiger partial charge in [-0.3, -0.25) is 4.21 Å². The molecule has 0 bridgehead atoms. The van der Waals surface area contributed by atoms with E-state index in [-0.39, 0.29) is 16.3 Å². The van der Waals surface area contributed by atoms with Crippen LogP contribution in [0.1, 0.15) is 12.5 Å². The van der Waals surface area contributed by atoms with Gasteiger partial charge in [0.05, 0.1) is 15.6 Å². The molecule has 2 atom stereocenters. The molecule has 108 valence electrons. The summed E-state index contributed by atoms with van der Waals surface area (Å²) in [5, 5.41) is 0.319. The molecule has 0 aromatic heterocycles. The van der Waals surface area contributed by atoms with E-state index in [9.17, 15) is 12.6 Å². The van der Waals surface area contributed by atoms with Gasteiger partial charge in [0.15, 0.2) is 0 Å². The average Bonchev–Trinajstić information content (AvgIpc) is 2.20. The van der Waals surface area contributed by atoms with Gasteiger partial charge >= 0.3 is 0 Å². The lowest BCUT2D eigenvalue weighted by Crippen LogP contribution is -2.36. The standard InChI is InChI=1S/C11H17ClN2O3S2/c1-7-4-9(12)10(13)5-11(7)19(16,17)14-8(2)6-18(3)15/h4-5,8,14H,6,13H2,1-3H3. The molecule has 3 N–H and O–H groups in total. The van der Waals surface area contributed by atoms with E-state index < -0.39 is 26.9 Å². The van der Waals surface area contributed by atoms with E-state index in [1.54, 1.807) is 13.8 Å². The molecule has 2 unspecified atom stereocenters. The van der Waals surface area contributed by atoms with Gasteiger partial charge in [0.25, 0.3) is 0 Å². The smallest absolute Gasteiger partial charge is 0.241 e. The van der Waals surface area contributed by atoms with Crippen LogP contribution in [0.25, 0.3) is 0 Å². The van der Waals surface area contributed by atoms with Crippen molar-refractivity contribution in [3.63, 3.8) is 0 Å². The Morgan fingerprint density at radius 2 is 2.05 bits per heavy atom. The molecule has 1 aromatic rings. The summed E-state index contributed by atoms with van der Waals surface area (Å²) in [6.45, 7) is 3.30. The van der Waals surface area contributed by atoms with Crippen molar-refractivity contribution in [2.24, 2.45) is 0 Å². The first-order chi connectivity index (χ1) is 8.63. The molecular formula is C11H17ClN2O3S2. The number of halogens is 1. The average molecular weight is 325 g/mol. The summed E-state index contributed by atoms with van der Waals surface area (Å²) in [4.78, 5) is 0.0862. The summed E-state index contributed by atoms with van der Waals surface area (Å²) in [7, 11) is -4.77. The number of nitrogens with two attached hydrogens (primary N) is 1. The second-order valence-electron chi connectivity index (χ2n) is 4.40. The molecular weight excluding hydrogens is 308 g/mol. The topological polar surface area (TPSA) is 89.3 Å². The zero-order valence-electron chi connectivity index (χ0n) is 10.9. The van der Waals surface area contributed by atoms with Crippen LogP contribution in [0.3, 0.4) is 0 Å². The molecule has 0 amide bonds. The van der Waals surface area contributed by atoms with Gasteiger partial charge in [-0.1, -0.05) is 11.6 Å². The third-order valence-electron chi connectivity index (χ3n) is 2.42. The van der Waals surface area contributed by atoms with Gasteiger partial charge in [-0.25, -0.2) is 13.1 Å². The predicted molar refractivity (Wildman–Crippen MR) is 79.3 cm³/mol. The van der Waals surface area contributed by atoms with Gasteiger partial charge in [0.1, 0.15) is 0 Å². The van der Waals surface area contributed by atoms with E-state index in [0.717, 1.165) is 0 Å². The molecule has 1 aromatic carbocycles. The minimum absolute atomic E-state index is 0.0862. The van der Waals surface area contributed by atoms with Crippen LogP contribution in [-0.4, -0.2) is 30.7 Å². The first kappa shape index (κ1) is 16.4. The van der Waals surface area contributed by atoms with Crippen LogP contribution in [0.5, 0.6) is 0 Å². The monoisotopic (exact) mass is 324 g/mol. The summed E-state index contributed by atoms with van der Waals surface area (Å²) in [6, 6.07) is 2.41. The summed E-state index contributed by atoms with van der Waals surface area (Å²) >= 11 is 5.83. The van der Waals surface area contributed by atoms with E-state index in [2.05, 4.69) is 4.72 Å². The maximum absolute atomic E-state index is 12.2. The van der Waals surface area contributed by atoms with Crippen molar-refractivity contribution in [3.8, 4) is 0 Å². The molecule has 0 saturated heterocycles. The third-order valence-corrected chi connectivity index (χ3v) is 5.45. The van der Waals surface area contributed by atoms with Gasteiger partial charge in [0.2, 0.25) is 10.0 Å². The van der Waals surface area contributed by atoms with Crippen molar-refractivity contribution in [2.45, 2.75) is 24.8 Å². The summed E-state index contributed by atoms with van der Waals surface area (Å²) in [6.07, 6.45) is 1.52. The number of nitrogen functional groups attached to an aromatic ring is 1. The van der Waals surface area contributed by atoms with Gasteiger partial charge in [-0.05, 0) is 31.5 Å². The van der Waals surface area contributed by atoms with Crippen LogP contribution >= 0.6 is 11.6 Å². The Labute approximate surface area is 121 Å². The second-order valence-corrected chi connectivity index (χ2v) is 7.97. The Hall–Kier alpha value is -0.630. The lowest BCUT2D eigenvalue weighted by Gasteiger charge is -2.15. The number of hydrogen-bond donors (Lipinski definition) is 2. The molecule has 8 heteroatoms. The Balaban J connectivity index is 3.07. The molecule has 0 spiro atoms. The Morgan fingerprint density at radius 3 is 2.58 bits per heavy atom. The lowest BCUT2D eigenvalue weighted by atomic mass is 10.2. The highest BCUT2D eigenvalue weighted by Crippen LogP contribution is 2.26. The number of anilines is 1.